The summed E-state index contributed by atoms with van der Waals surface area (Å²) in [5.74, 6) is -0.162. The molecule has 1 aliphatic carbocycles. The van der Waals surface area contributed by atoms with Gasteiger partial charge in [-0.2, -0.15) is 0 Å². The molecule has 1 aliphatic rings. The van der Waals surface area contributed by atoms with Crippen LogP contribution in [-0.4, -0.2) is 29.9 Å². The second-order valence-corrected chi connectivity index (χ2v) is 4.96. The smallest absolute Gasteiger partial charge is 0.240 e. The molecule has 0 aliphatic heterocycles. The third kappa shape index (κ3) is 3.48. The molecule has 5 heteroatoms. The second kappa shape index (κ2) is 4.82. The lowest BCUT2D eigenvalue weighted by atomic mass is 9.96. The fraction of sp³-hybridized carbons (Fsp3) is 0.818. The molecule has 0 aromatic heterocycles. The normalized spacial score (nSPS) is 19.1. The van der Waals surface area contributed by atoms with Crippen LogP contribution in [0.15, 0.2) is 0 Å². The molecule has 0 bridgehead atoms. The van der Waals surface area contributed by atoms with Crippen LogP contribution < -0.4 is 16.4 Å². The van der Waals surface area contributed by atoms with Crippen molar-refractivity contribution in [2.24, 2.45) is 11.7 Å². The zero-order valence-electron chi connectivity index (χ0n) is 10.2. The van der Waals surface area contributed by atoms with Crippen molar-refractivity contribution in [3.05, 3.63) is 0 Å². The van der Waals surface area contributed by atoms with E-state index in [1.807, 2.05) is 13.8 Å². The van der Waals surface area contributed by atoms with Crippen molar-refractivity contribution in [2.45, 2.75) is 45.2 Å². The first-order valence-electron chi connectivity index (χ1n) is 5.70. The average Bonchev–Trinajstić information content (AvgIpc) is 2.95. The molecule has 1 saturated carbocycles. The Morgan fingerprint density at radius 1 is 1.44 bits per heavy atom. The van der Waals surface area contributed by atoms with Crippen LogP contribution in [0.5, 0.6) is 0 Å². The Hall–Kier alpha value is -1.10. The zero-order chi connectivity index (χ0) is 12.3. The van der Waals surface area contributed by atoms with Crippen molar-refractivity contribution < 1.29 is 9.59 Å². The lowest BCUT2D eigenvalue weighted by molar-refractivity contribution is -0.129. The number of nitrogens with two attached hydrogens (primary N) is 1. The summed E-state index contributed by atoms with van der Waals surface area (Å²) in [7, 11) is 0. The lowest BCUT2D eigenvalue weighted by Gasteiger charge is -2.23. The SMILES string of the molecule is CC(C)NC(=O)CNC(=O)C(C)(N)C1CC1. The molecule has 0 spiro atoms. The van der Waals surface area contributed by atoms with E-state index in [0.717, 1.165) is 12.8 Å². The minimum absolute atomic E-state index is 0.00345. The number of nitrogens with one attached hydrogen (secondary N) is 2. The van der Waals surface area contributed by atoms with Crippen LogP contribution in [0.4, 0.5) is 0 Å². The topological polar surface area (TPSA) is 84.2 Å². The van der Waals surface area contributed by atoms with Crippen LogP contribution in [0.1, 0.15) is 33.6 Å². The van der Waals surface area contributed by atoms with E-state index in [1.54, 1.807) is 6.92 Å². The van der Waals surface area contributed by atoms with Gasteiger partial charge in [0.25, 0.3) is 0 Å². The van der Waals surface area contributed by atoms with Crippen molar-refractivity contribution >= 4 is 11.8 Å². The maximum Gasteiger partial charge on any atom is 0.240 e. The molecule has 0 aromatic rings. The third-order valence-corrected chi connectivity index (χ3v) is 2.77. The molecule has 4 N–H and O–H groups in total. The summed E-state index contributed by atoms with van der Waals surface area (Å²) >= 11 is 0. The highest BCUT2D eigenvalue weighted by atomic mass is 16.2. The van der Waals surface area contributed by atoms with Crippen LogP contribution in [-0.2, 0) is 9.59 Å². The van der Waals surface area contributed by atoms with Gasteiger partial charge in [0, 0.05) is 6.04 Å². The van der Waals surface area contributed by atoms with Gasteiger partial charge < -0.3 is 16.4 Å². The van der Waals surface area contributed by atoms with Crippen LogP contribution >= 0.6 is 0 Å². The molecule has 16 heavy (non-hydrogen) atoms. The number of carbonyl (C=O) groups is 2. The van der Waals surface area contributed by atoms with E-state index in [1.165, 1.54) is 0 Å². The van der Waals surface area contributed by atoms with E-state index < -0.39 is 5.54 Å². The maximum atomic E-state index is 11.7. The summed E-state index contributed by atoms with van der Waals surface area (Å²) in [4.78, 5) is 23.0. The number of carbonyl (C=O) groups excluding carboxylic acids is 2. The molecule has 0 saturated heterocycles. The first-order chi connectivity index (χ1) is 7.34. The van der Waals surface area contributed by atoms with Gasteiger partial charge in [0.15, 0.2) is 0 Å². The van der Waals surface area contributed by atoms with E-state index in [-0.39, 0.29) is 30.3 Å². The van der Waals surface area contributed by atoms with Gasteiger partial charge in [-0.3, -0.25) is 9.59 Å². The Bertz CT molecular complexity index is 283. The number of amides is 2. The molecule has 1 unspecified atom stereocenters. The first kappa shape index (κ1) is 13.0. The van der Waals surface area contributed by atoms with Crippen molar-refractivity contribution in [3.8, 4) is 0 Å². The van der Waals surface area contributed by atoms with Gasteiger partial charge in [-0.15, -0.1) is 0 Å². The number of rotatable bonds is 5. The fourth-order valence-electron chi connectivity index (χ4n) is 1.59. The van der Waals surface area contributed by atoms with Gasteiger partial charge >= 0.3 is 0 Å². The quantitative estimate of drug-likeness (QED) is 0.606. The molecular weight excluding hydrogens is 206 g/mol. The summed E-state index contributed by atoms with van der Waals surface area (Å²) in [5, 5.41) is 5.27. The van der Waals surface area contributed by atoms with Gasteiger partial charge in [-0.05, 0) is 39.5 Å². The van der Waals surface area contributed by atoms with Crippen molar-refractivity contribution in [1.82, 2.24) is 10.6 Å². The Kier molecular flexibility index (Phi) is 3.91. The van der Waals surface area contributed by atoms with Crippen LogP contribution in [0.2, 0.25) is 0 Å². The fourth-order valence-corrected chi connectivity index (χ4v) is 1.59. The minimum atomic E-state index is -0.835. The van der Waals surface area contributed by atoms with E-state index in [2.05, 4.69) is 10.6 Å². The summed E-state index contributed by atoms with van der Waals surface area (Å²) < 4.78 is 0. The molecule has 1 fully saturated rings. The molecule has 0 radical (unpaired) electrons. The molecule has 92 valence electrons. The number of hydrogen-bond acceptors (Lipinski definition) is 3. The molecule has 0 heterocycles. The highest BCUT2D eigenvalue weighted by molar-refractivity contribution is 5.90. The Balaban J connectivity index is 2.32. The van der Waals surface area contributed by atoms with Crippen LogP contribution in [0, 0.1) is 5.92 Å². The molecule has 5 nitrogen and oxygen atoms in total. The maximum absolute atomic E-state index is 11.7. The van der Waals surface area contributed by atoms with E-state index in [0.29, 0.717) is 0 Å². The van der Waals surface area contributed by atoms with Gasteiger partial charge in [0.2, 0.25) is 11.8 Å². The molecule has 0 aromatic carbocycles. The van der Waals surface area contributed by atoms with Gasteiger partial charge in [-0.25, -0.2) is 0 Å². The third-order valence-electron chi connectivity index (χ3n) is 2.77. The highest BCUT2D eigenvalue weighted by Gasteiger charge is 2.43. The van der Waals surface area contributed by atoms with Crippen LogP contribution in [0.25, 0.3) is 0 Å². The average molecular weight is 227 g/mol. The highest BCUT2D eigenvalue weighted by Crippen LogP contribution is 2.37. The summed E-state index contributed by atoms with van der Waals surface area (Å²) in [6, 6.07) is 0.0806. The zero-order valence-corrected chi connectivity index (χ0v) is 10.2. The Morgan fingerprint density at radius 3 is 2.44 bits per heavy atom. The minimum Gasteiger partial charge on any atom is -0.352 e. The monoisotopic (exact) mass is 227 g/mol. The van der Waals surface area contributed by atoms with Crippen molar-refractivity contribution in [2.75, 3.05) is 6.54 Å². The lowest BCUT2D eigenvalue weighted by Crippen LogP contribution is -2.55. The Morgan fingerprint density at radius 2 is 2.00 bits per heavy atom. The van der Waals surface area contributed by atoms with E-state index in [4.69, 9.17) is 5.73 Å². The molecule has 2 amide bonds. The van der Waals surface area contributed by atoms with Crippen molar-refractivity contribution in [1.29, 1.82) is 0 Å². The molecule has 1 rings (SSSR count). The van der Waals surface area contributed by atoms with Crippen molar-refractivity contribution in [3.63, 3.8) is 0 Å². The second-order valence-electron chi connectivity index (χ2n) is 4.96. The largest absolute Gasteiger partial charge is 0.352 e. The molecule has 1 atom stereocenters. The first-order valence-corrected chi connectivity index (χ1v) is 5.70. The predicted molar refractivity (Wildman–Crippen MR) is 61.6 cm³/mol. The van der Waals surface area contributed by atoms with Crippen LogP contribution in [0.3, 0.4) is 0 Å². The molecular formula is C11H21N3O2. The number of hydrogen-bond donors (Lipinski definition) is 3. The standard InChI is InChI=1S/C11H21N3O2/c1-7(2)14-9(15)6-13-10(16)11(3,12)8-4-5-8/h7-8H,4-6,12H2,1-3H3,(H,13,16)(H,14,15). The van der Waals surface area contributed by atoms with Gasteiger partial charge in [-0.1, -0.05) is 0 Å². The predicted octanol–water partition coefficient (Wildman–Crippen LogP) is -0.245. The van der Waals surface area contributed by atoms with Gasteiger partial charge in [0.05, 0.1) is 12.1 Å². The van der Waals surface area contributed by atoms with Gasteiger partial charge in [0.1, 0.15) is 0 Å². The summed E-state index contributed by atoms with van der Waals surface area (Å²) in [6.45, 7) is 5.46. The summed E-state index contributed by atoms with van der Waals surface area (Å²) in [6.07, 6.45) is 2.00. The van der Waals surface area contributed by atoms with E-state index >= 15 is 0 Å². The Labute approximate surface area is 96.1 Å². The van der Waals surface area contributed by atoms with E-state index in [9.17, 15) is 9.59 Å². The summed E-state index contributed by atoms with van der Waals surface area (Å²) in [5.41, 5.74) is 5.07.